The number of amides is 1. The average molecular weight is 253 g/mol. The molecule has 0 aliphatic heterocycles. The first-order valence-electron chi connectivity index (χ1n) is 5.69. The molecular formula is C13H11N5O. The summed E-state index contributed by atoms with van der Waals surface area (Å²) in [5, 5.41) is 0. The lowest BCUT2D eigenvalue weighted by Gasteiger charge is -2.02. The van der Waals surface area contributed by atoms with E-state index in [1.54, 1.807) is 12.4 Å². The molecule has 0 saturated carbocycles. The highest BCUT2D eigenvalue weighted by atomic mass is 16.1. The molecule has 2 aromatic heterocycles. The van der Waals surface area contributed by atoms with E-state index in [1.807, 2.05) is 29.8 Å². The van der Waals surface area contributed by atoms with Gasteiger partial charge < -0.3 is 10.3 Å². The van der Waals surface area contributed by atoms with Crippen molar-refractivity contribution in [3.05, 3.63) is 42.6 Å². The van der Waals surface area contributed by atoms with E-state index in [-0.39, 0.29) is 5.82 Å². The summed E-state index contributed by atoms with van der Waals surface area (Å²) in [6, 6.07) is 7.54. The Bertz CT molecular complexity index is 778. The Labute approximate surface area is 108 Å². The fraction of sp³-hybridized carbons (Fsp3) is 0.0769. The van der Waals surface area contributed by atoms with Crippen molar-refractivity contribution < 1.29 is 4.79 Å². The van der Waals surface area contributed by atoms with Gasteiger partial charge in [0.05, 0.1) is 23.1 Å². The van der Waals surface area contributed by atoms with Crippen LogP contribution in [0, 0.1) is 0 Å². The lowest BCUT2D eigenvalue weighted by atomic mass is 10.1. The van der Waals surface area contributed by atoms with Crippen molar-refractivity contribution in [2.45, 2.75) is 0 Å². The molecule has 0 aliphatic rings. The van der Waals surface area contributed by atoms with Crippen molar-refractivity contribution in [1.82, 2.24) is 19.5 Å². The van der Waals surface area contributed by atoms with Crippen molar-refractivity contribution in [1.29, 1.82) is 0 Å². The minimum atomic E-state index is -0.638. The molecule has 3 rings (SSSR count). The Morgan fingerprint density at radius 3 is 2.89 bits per heavy atom. The van der Waals surface area contributed by atoms with Crippen LogP contribution in [0.1, 0.15) is 10.6 Å². The highest BCUT2D eigenvalue weighted by Gasteiger charge is 2.08. The van der Waals surface area contributed by atoms with Gasteiger partial charge in [0.1, 0.15) is 0 Å². The number of primary amides is 1. The summed E-state index contributed by atoms with van der Waals surface area (Å²) in [7, 11) is 1.94. The van der Waals surface area contributed by atoms with Crippen molar-refractivity contribution in [2.75, 3.05) is 0 Å². The maximum absolute atomic E-state index is 11.1. The summed E-state index contributed by atoms with van der Waals surface area (Å²) >= 11 is 0. The molecular weight excluding hydrogens is 242 g/mol. The molecule has 0 atom stereocenters. The van der Waals surface area contributed by atoms with Crippen LogP contribution in [0.2, 0.25) is 0 Å². The minimum Gasteiger partial charge on any atom is -0.363 e. The van der Waals surface area contributed by atoms with Gasteiger partial charge in [0.25, 0.3) is 5.91 Å². The molecule has 0 aliphatic carbocycles. The van der Waals surface area contributed by atoms with Crippen LogP contribution in [0.3, 0.4) is 0 Å². The quantitative estimate of drug-likeness (QED) is 0.741. The van der Waals surface area contributed by atoms with E-state index < -0.39 is 5.91 Å². The van der Waals surface area contributed by atoms with E-state index in [0.717, 1.165) is 16.6 Å². The number of hydrogen-bond acceptors (Lipinski definition) is 4. The van der Waals surface area contributed by atoms with Gasteiger partial charge in [-0.2, -0.15) is 0 Å². The highest BCUT2D eigenvalue weighted by Crippen LogP contribution is 2.21. The van der Waals surface area contributed by atoms with Crippen LogP contribution in [0.4, 0.5) is 0 Å². The molecule has 1 amide bonds. The normalized spacial score (nSPS) is 10.8. The number of benzene rings is 1. The molecule has 94 valence electrons. The number of carbonyl (C=O) groups is 1. The summed E-state index contributed by atoms with van der Waals surface area (Å²) in [4.78, 5) is 23.3. The van der Waals surface area contributed by atoms with Gasteiger partial charge in [-0.1, -0.05) is 6.07 Å². The molecule has 6 heteroatoms. The predicted molar refractivity (Wildman–Crippen MR) is 70.3 cm³/mol. The Morgan fingerprint density at radius 1 is 1.26 bits per heavy atom. The van der Waals surface area contributed by atoms with Gasteiger partial charge in [-0.15, -0.1) is 0 Å². The fourth-order valence-electron chi connectivity index (χ4n) is 1.93. The third kappa shape index (κ3) is 1.93. The third-order valence-electron chi connectivity index (χ3n) is 2.90. The van der Waals surface area contributed by atoms with Crippen molar-refractivity contribution in [2.24, 2.45) is 12.8 Å². The predicted octanol–water partition coefficient (Wildman–Crippen LogP) is 1.13. The number of rotatable bonds is 2. The summed E-state index contributed by atoms with van der Waals surface area (Å²) < 4.78 is 1.94. The smallest absolute Gasteiger partial charge is 0.286 e. The first-order valence-corrected chi connectivity index (χ1v) is 5.69. The van der Waals surface area contributed by atoms with E-state index in [9.17, 15) is 4.79 Å². The Kier molecular flexibility index (Phi) is 2.49. The largest absolute Gasteiger partial charge is 0.363 e. The van der Waals surface area contributed by atoms with Crippen LogP contribution < -0.4 is 5.73 Å². The third-order valence-corrected chi connectivity index (χ3v) is 2.90. The zero-order chi connectivity index (χ0) is 13.4. The van der Waals surface area contributed by atoms with E-state index in [2.05, 4.69) is 15.0 Å². The fourth-order valence-corrected chi connectivity index (χ4v) is 1.93. The number of aryl methyl sites for hydroxylation is 1. The van der Waals surface area contributed by atoms with Gasteiger partial charge >= 0.3 is 0 Å². The average Bonchev–Trinajstić information content (AvgIpc) is 2.80. The molecule has 6 nitrogen and oxygen atoms in total. The molecule has 0 fully saturated rings. The molecule has 0 saturated heterocycles. The first kappa shape index (κ1) is 11.3. The van der Waals surface area contributed by atoms with Crippen molar-refractivity contribution in [3.8, 4) is 11.3 Å². The Hall–Kier alpha value is -2.76. The SMILES string of the molecule is Cn1cnc2cc(-c3ccnc(C(N)=O)n3)ccc21. The molecule has 1 aromatic carbocycles. The van der Waals surface area contributed by atoms with Gasteiger partial charge in [0.15, 0.2) is 0 Å². The number of imidazole rings is 1. The summed E-state index contributed by atoms with van der Waals surface area (Å²) in [6.07, 6.45) is 3.27. The molecule has 2 heterocycles. The number of aromatic nitrogens is 4. The topological polar surface area (TPSA) is 86.7 Å². The van der Waals surface area contributed by atoms with E-state index >= 15 is 0 Å². The molecule has 0 spiro atoms. The molecule has 0 bridgehead atoms. The molecule has 2 N–H and O–H groups in total. The van der Waals surface area contributed by atoms with Crippen molar-refractivity contribution in [3.63, 3.8) is 0 Å². The van der Waals surface area contributed by atoms with E-state index in [0.29, 0.717) is 5.69 Å². The number of nitrogens with zero attached hydrogens (tertiary/aromatic N) is 4. The number of nitrogens with two attached hydrogens (primary N) is 1. The summed E-state index contributed by atoms with van der Waals surface area (Å²) in [6.45, 7) is 0. The van der Waals surface area contributed by atoms with Crippen LogP contribution in [0.25, 0.3) is 22.3 Å². The Morgan fingerprint density at radius 2 is 2.11 bits per heavy atom. The Balaban J connectivity index is 2.13. The van der Waals surface area contributed by atoms with Crippen molar-refractivity contribution >= 4 is 16.9 Å². The molecule has 19 heavy (non-hydrogen) atoms. The number of fused-ring (bicyclic) bond motifs is 1. The minimum absolute atomic E-state index is 0.0126. The molecule has 3 aromatic rings. The van der Waals surface area contributed by atoms with Crippen LogP contribution in [0.5, 0.6) is 0 Å². The monoisotopic (exact) mass is 253 g/mol. The number of hydrogen-bond donors (Lipinski definition) is 1. The van der Waals surface area contributed by atoms with E-state index in [1.165, 1.54) is 6.20 Å². The van der Waals surface area contributed by atoms with Crippen LogP contribution >= 0.6 is 0 Å². The first-order chi connectivity index (χ1) is 9.15. The zero-order valence-electron chi connectivity index (χ0n) is 10.2. The maximum Gasteiger partial charge on any atom is 0.286 e. The summed E-state index contributed by atoms with van der Waals surface area (Å²) in [5.74, 6) is -0.626. The van der Waals surface area contributed by atoms with Crippen LogP contribution in [-0.2, 0) is 7.05 Å². The highest BCUT2D eigenvalue weighted by molar-refractivity contribution is 5.89. The van der Waals surface area contributed by atoms with Crippen LogP contribution in [-0.4, -0.2) is 25.4 Å². The maximum atomic E-state index is 11.1. The lowest BCUT2D eigenvalue weighted by Crippen LogP contribution is -2.15. The van der Waals surface area contributed by atoms with Crippen LogP contribution in [0.15, 0.2) is 36.8 Å². The lowest BCUT2D eigenvalue weighted by molar-refractivity contribution is 0.0990. The second-order valence-corrected chi connectivity index (χ2v) is 4.19. The molecule has 0 radical (unpaired) electrons. The van der Waals surface area contributed by atoms with Gasteiger partial charge in [-0.05, 0) is 18.2 Å². The van der Waals surface area contributed by atoms with Gasteiger partial charge in [-0.3, -0.25) is 4.79 Å². The van der Waals surface area contributed by atoms with Gasteiger partial charge in [0, 0.05) is 18.8 Å². The standard InChI is InChI=1S/C13H11N5O/c1-18-7-16-10-6-8(2-3-11(10)18)9-4-5-15-13(17-9)12(14)19/h2-7H,1H3,(H2,14,19). The summed E-state index contributed by atoms with van der Waals surface area (Å²) in [5.41, 5.74) is 8.61. The molecule has 0 unspecified atom stereocenters. The second kappa shape index (κ2) is 4.16. The zero-order valence-corrected chi connectivity index (χ0v) is 10.2. The van der Waals surface area contributed by atoms with Gasteiger partial charge in [0.2, 0.25) is 5.82 Å². The second-order valence-electron chi connectivity index (χ2n) is 4.19. The van der Waals surface area contributed by atoms with E-state index in [4.69, 9.17) is 5.73 Å². The number of carbonyl (C=O) groups excluding carboxylic acids is 1. The van der Waals surface area contributed by atoms with Gasteiger partial charge in [-0.25, -0.2) is 15.0 Å².